The Balaban J connectivity index is 2.03. The molecule has 0 radical (unpaired) electrons. The summed E-state index contributed by atoms with van der Waals surface area (Å²) in [6, 6.07) is 6.47. The Bertz CT molecular complexity index is 515. The lowest BCUT2D eigenvalue weighted by Crippen LogP contribution is -2.14. The minimum absolute atomic E-state index is 0.0188. The number of aromatic nitrogens is 3. The lowest BCUT2D eigenvalue weighted by molar-refractivity contribution is 0.683. The average Bonchev–Trinajstić information content (AvgIpc) is 2.70. The summed E-state index contributed by atoms with van der Waals surface area (Å²) in [6.07, 6.45) is 1.56. The molecule has 0 spiro atoms. The second-order valence-electron chi connectivity index (χ2n) is 4.50. The van der Waals surface area contributed by atoms with Gasteiger partial charge in [-0.05, 0) is 19.4 Å². The number of nitrogens with zero attached hydrogens (tertiary/aromatic N) is 3. The molecule has 2 aromatic rings. The van der Waals surface area contributed by atoms with Gasteiger partial charge >= 0.3 is 0 Å². The van der Waals surface area contributed by atoms with Crippen molar-refractivity contribution in [3.05, 3.63) is 41.2 Å². The maximum absolute atomic E-state index is 6.22. The maximum atomic E-state index is 6.22. The second-order valence-corrected chi connectivity index (χ2v) is 5.49. The molecule has 1 aromatic heterocycles. The molecule has 0 saturated heterocycles. The summed E-state index contributed by atoms with van der Waals surface area (Å²) < 4.78 is 1.76. The van der Waals surface area contributed by atoms with Crippen LogP contribution in [0.2, 0.25) is 0 Å². The molecular weight excluding hydrogens is 244 g/mol. The van der Waals surface area contributed by atoms with Gasteiger partial charge in [0, 0.05) is 18.8 Å². The number of hydrogen-bond acceptors (Lipinski definition) is 4. The van der Waals surface area contributed by atoms with E-state index in [2.05, 4.69) is 42.1 Å². The third-order valence-corrected chi connectivity index (χ3v) is 3.89. The van der Waals surface area contributed by atoms with Crippen LogP contribution < -0.4 is 5.73 Å². The first-order valence-electron chi connectivity index (χ1n) is 5.87. The lowest BCUT2D eigenvalue weighted by Gasteiger charge is -2.13. The van der Waals surface area contributed by atoms with E-state index in [-0.39, 0.29) is 6.04 Å². The quantitative estimate of drug-likeness (QED) is 0.858. The van der Waals surface area contributed by atoms with Crippen LogP contribution in [0.4, 0.5) is 0 Å². The second kappa shape index (κ2) is 5.54. The minimum Gasteiger partial charge on any atom is -0.323 e. The van der Waals surface area contributed by atoms with Crippen molar-refractivity contribution in [3.63, 3.8) is 0 Å². The highest BCUT2D eigenvalue weighted by Gasteiger charge is 2.10. The van der Waals surface area contributed by atoms with Gasteiger partial charge in [-0.15, -0.1) is 0 Å². The fourth-order valence-corrected chi connectivity index (χ4v) is 2.78. The van der Waals surface area contributed by atoms with Crippen molar-refractivity contribution in [1.29, 1.82) is 0 Å². The Morgan fingerprint density at radius 3 is 2.50 bits per heavy atom. The number of benzene rings is 1. The Morgan fingerprint density at radius 2 is 1.94 bits per heavy atom. The van der Waals surface area contributed by atoms with Gasteiger partial charge < -0.3 is 5.73 Å². The van der Waals surface area contributed by atoms with Crippen molar-refractivity contribution in [2.24, 2.45) is 12.8 Å². The van der Waals surface area contributed by atoms with Crippen LogP contribution in [0.5, 0.6) is 0 Å². The van der Waals surface area contributed by atoms with Gasteiger partial charge in [0.15, 0.2) is 5.16 Å². The molecule has 0 aliphatic carbocycles. The fraction of sp³-hybridized carbons (Fsp3) is 0.385. The van der Waals surface area contributed by atoms with Gasteiger partial charge in [-0.25, -0.2) is 9.67 Å². The molecule has 96 valence electrons. The highest BCUT2D eigenvalue weighted by molar-refractivity contribution is 7.99. The molecule has 0 aliphatic rings. The first-order chi connectivity index (χ1) is 8.56. The molecule has 1 heterocycles. The first-order valence-corrected chi connectivity index (χ1v) is 6.85. The van der Waals surface area contributed by atoms with Gasteiger partial charge in [0.2, 0.25) is 0 Å². The third-order valence-electron chi connectivity index (χ3n) is 2.73. The molecule has 2 rings (SSSR count). The highest BCUT2D eigenvalue weighted by Crippen LogP contribution is 2.22. The molecule has 1 aromatic carbocycles. The third kappa shape index (κ3) is 3.11. The van der Waals surface area contributed by atoms with Crippen LogP contribution in [-0.2, 0) is 7.05 Å². The molecule has 0 saturated carbocycles. The van der Waals surface area contributed by atoms with E-state index in [0.29, 0.717) is 0 Å². The summed E-state index contributed by atoms with van der Waals surface area (Å²) in [5.74, 6) is 0.801. The molecule has 5 heteroatoms. The largest absolute Gasteiger partial charge is 0.323 e. The smallest absolute Gasteiger partial charge is 0.185 e. The molecule has 1 atom stereocenters. The maximum Gasteiger partial charge on any atom is 0.185 e. The van der Waals surface area contributed by atoms with E-state index in [9.17, 15) is 0 Å². The monoisotopic (exact) mass is 262 g/mol. The summed E-state index contributed by atoms with van der Waals surface area (Å²) in [5.41, 5.74) is 9.91. The molecular formula is C13H18N4S. The van der Waals surface area contributed by atoms with Gasteiger partial charge in [-0.3, -0.25) is 0 Å². The van der Waals surface area contributed by atoms with Crippen molar-refractivity contribution in [3.8, 4) is 0 Å². The SMILES string of the molecule is Cc1cc(C)cc(C(N)CSc2ncnn2C)c1. The normalized spacial score (nSPS) is 12.7. The van der Waals surface area contributed by atoms with E-state index in [1.54, 1.807) is 22.8 Å². The zero-order valence-electron chi connectivity index (χ0n) is 10.9. The molecule has 4 nitrogen and oxygen atoms in total. The average molecular weight is 262 g/mol. The summed E-state index contributed by atoms with van der Waals surface area (Å²) in [7, 11) is 1.89. The zero-order chi connectivity index (χ0) is 13.1. The molecule has 0 amide bonds. The van der Waals surface area contributed by atoms with Crippen LogP contribution in [0.3, 0.4) is 0 Å². The number of thioether (sulfide) groups is 1. The molecule has 0 aliphatic heterocycles. The number of rotatable bonds is 4. The van der Waals surface area contributed by atoms with Crippen LogP contribution in [0.1, 0.15) is 22.7 Å². The number of nitrogens with two attached hydrogens (primary N) is 1. The molecule has 1 unspecified atom stereocenters. The Hall–Kier alpha value is -1.33. The van der Waals surface area contributed by atoms with Crippen molar-refractivity contribution >= 4 is 11.8 Å². The first kappa shape index (κ1) is 13.1. The molecule has 0 bridgehead atoms. The van der Waals surface area contributed by atoms with Crippen molar-refractivity contribution in [2.45, 2.75) is 25.0 Å². The van der Waals surface area contributed by atoms with E-state index in [0.717, 1.165) is 10.9 Å². The van der Waals surface area contributed by atoms with Gasteiger partial charge in [-0.1, -0.05) is 41.1 Å². The fourth-order valence-electron chi connectivity index (χ4n) is 1.90. The van der Waals surface area contributed by atoms with Crippen LogP contribution in [0, 0.1) is 13.8 Å². The summed E-state index contributed by atoms with van der Waals surface area (Å²) in [4.78, 5) is 4.18. The standard InChI is InChI=1S/C13H18N4S/c1-9-4-10(2)6-11(5-9)12(14)7-18-13-15-8-16-17(13)3/h4-6,8,12H,7,14H2,1-3H3. The molecule has 0 fully saturated rings. The Kier molecular flexibility index (Phi) is 4.04. The van der Waals surface area contributed by atoms with E-state index < -0.39 is 0 Å². The van der Waals surface area contributed by atoms with Gasteiger partial charge in [0.1, 0.15) is 6.33 Å². The van der Waals surface area contributed by atoms with Crippen molar-refractivity contribution in [2.75, 3.05) is 5.75 Å². The van der Waals surface area contributed by atoms with E-state index in [4.69, 9.17) is 5.73 Å². The zero-order valence-corrected chi connectivity index (χ0v) is 11.7. The van der Waals surface area contributed by atoms with E-state index in [1.165, 1.54) is 16.7 Å². The Morgan fingerprint density at radius 1 is 1.28 bits per heavy atom. The van der Waals surface area contributed by atoms with Crippen molar-refractivity contribution in [1.82, 2.24) is 14.8 Å². The summed E-state index contributed by atoms with van der Waals surface area (Å²) >= 11 is 1.63. The topological polar surface area (TPSA) is 56.7 Å². The number of aryl methyl sites for hydroxylation is 3. The van der Waals surface area contributed by atoms with E-state index >= 15 is 0 Å². The van der Waals surface area contributed by atoms with E-state index in [1.807, 2.05) is 7.05 Å². The number of hydrogen-bond donors (Lipinski definition) is 1. The summed E-state index contributed by atoms with van der Waals surface area (Å²) in [6.45, 7) is 4.19. The van der Waals surface area contributed by atoms with Crippen LogP contribution in [0.25, 0.3) is 0 Å². The predicted molar refractivity (Wildman–Crippen MR) is 74.6 cm³/mol. The van der Waals surface area contributed by atoms with Crippen molar-refractivity contribution < 1.29 is 0 Å². The molecule has 18 heavy (non-hydrogen) atoms. The van der Waals surface area contributed by atoms with Crippen LogP contribution in [-0.4, -0.2) is 20.5 Å². The highest BCUT2D eigenvalue weighted by atomic mass is 32.2. The Labute approximate surface area is 112 Å². The lowest BCUT2D eigenvalue weighted by atomic mass is 10.0. The van der Waals surface area contributed by atoms with Gasteiger partial charge in [-0.2, -0.15) is 5.10 Å². The van der Waals surface area contributed by atoms with Gasteiger partial charge in [0.25, 0.3) is 0 Å². The van der Waals surface area contributed by atoms with Crippen LogP contribution >= 0.6 is 11.8 Å². The molecule has 2 N–H and O–H groups in total. The summed E-state index contributed by atoms with van der Waals surface area (Å²) in [5, 5.41) is 4.94. The van der Waals surface area contributed by atoms with Gasteiger partial charge in [0.05, 0.1) is 0 Å². The predicted octanol–water partition coefficient (Wildman–Crippen LogP) is 2.22. The minimum atomic E-state index is 0.0188. The van der Waals surface area contributed by atoms with Crippen LogP contribution in [0.15, 0.2) is 29.7 Å².